The number of carbonyl (C=O) groups is 2. The molecule has 8 nitrogen and oxygen atoms in total. The number of benzene rings is 3. The van der Waals surface area contributed by atoms with Crippen LogP contribution in [0, 0.1) is 6.92 Å². The maximum absolute atomic E-state index is 12.4. The molecular weight excluding hydrogens is 520 g/mol. The minimum Gasteiger partial charge on any atom is -0.383 e. The van der Waals surface area contributed by atoms with Gasteiger partial charge >= 0.3 is 6.03 Å². The van der Waals surface area contributed by atoms with Gasteiger partial charge in [-0.2, -0.15) is 0 Å². The molecule has 202 valence electrons. The molecule has 0 atom stereocenters. The number of pyridine rings is 1. The number of nitrogens with one attached hydrogen (secondary N) is 3. The van der Waals surface area contributed by atoms with Crippen LogP contribution >= 0.6 is 11.3 Å². The molecule has 0 saturated heterocycles. The molecule has 0 spiro atoms. The van der Waals surface area contributed by atoms with E-state index in [1.54, 1.807) is 17.5 Å². The van der Waals surface area contributed by atoms with Gasteiger partial charge in [0.2, 0.25) is 5.91 Å². The van der Waals surface area contributed by atoms with Crippen LogP contribution in [0.4, 0.5) is 27.7 Å². The number of hydrogen-bond donors (Lipinski definition) is 4. The lowest BCUT2D eigenvalue weighted by Gasteiger charge is -2.11. The molecule has 2 heterocycles. The van der Waals surface area contributed by atoms with E-state index in [2.05, 4.69) is 26.3 Å². The van der Waals surface area contributed by atoms with Crippen molar-refractivity contribution in [3.05, 3.63) is 89.9 Å². The molecule has 0 bridgehead atoms. The molecule has 0 aliphatic rings. The largest absolute Gasteiger partial charge is 0.383 e. The molecule has 5 N–H and O–H groups in total. The molecule has 0 aliphatic heterocycles. The van der Waals surface area contributed by atoms with Gasteiger partial charge in [0.05, 0.1) is 6.54 Å². The van der Waals surface area contributed by atoms with Crippen LogP contribution in [0.1, 0.15) is 5.56 Å². The normalized spacial score (nSPS) is 11.0. The zero-order chi connectivity index (χ0) is 28.2. The Morgan fingerprint density at radius 2 is 1.48 bits per heavy atom. The minimum atomic E-state index is -0.305. The number of nitrogens with two attached hydrogens (primary N) is 1. The third kappa shape index (κ3) is 6.12. The Hall–Kier alpha value is -4.73. The molecule has 5 aromatic rings. The van der Waals surface area contributed by atoms with Gasteiger partial charge in [-0.1, -0.05) is 36.4 Å². The van der Waals surface area contributed by atoms with Gasteiger partial charge in [-0.3, -0.25) is 4.79 Å². The Kier molecular flexibility index (Phi) is 7.77. The first-order valence-electron chi connectivity index (χ1n) is 12.7. The van der Waals surface area contributed by atoms with Gasteiger partial charge < -0.3 is 26.6 Å². The molecule has 0 radical (unpaired) electrons. The Morgan fingerprint density at radius 1 is 0.850 bits per heavy atom. The maximum atomic E-state index is 12.4. The van der Waals surface area contributed by atoms with Crippen molar-refractivity contribution in [1.29, 1.82) is 0 Å². The molecule has 5 rings (SSSR count). The summed E-state index contributed by atoms with van der Waals surface area (Å²) in [4.78, 5) is 30.8. The molecule has 3 aromatic carbocycles. The molecule has 0 unspecified atom stereocenters. The Morgan fingerprint density at radius 3 is 2.12 bits per heavy atom. The number of hydrogen-bond acceptors (Lipinski definition) is 6. The highest BCUT2D eigenvalue weighted by atomic mass is 32.1. The number of likely N-dealkylation sites (N-methyl/N-ethyl adjacent to an activating group) is 1. The first kappa shape index (κ1) is 26.9. The second-order valence-corrected chi connectivity index (χ2v) is 10.7. The van der Waals surface area contributed by atoms with Crippen molar-refractivity contribution in [3.63, 3.8) is 0 Å². The summed E-state index contributed by atoms with van der Waals surface area (Å²) in [5, 5.41) is 11.6. The number of nitrogen functional groups attached to an aromatic ring is 1. The summed E-state index contributed by atoms with van der Waals surface area (Å²) >= 11 is 1.61. The fraction of sp³-hybridized carbons (Fsp3) is 0.129. The van der Waals surface area contributed by atoms with Gasteiger partial charge in [-0.25, -0.2) is 9.78 Å². The fourth-order valence-electron chi connectivity index (χ4n) is 4.46. The quantitative estimate of drug-likeness (QED) is 0.181. The Labute approximate surface area is 236 Å². The molecule has 0 saturated carbocycles. The Balaban J connectivity index is 1.35. The molecule has 3 amide bonds. The van der Waals surface area contributed by atoms with E-state index in [0.717, 1.165) is 49.3 Å². The number of fused-ring (bicyclic) bond motifs is 1. The summed E-state index contributed by atoms with van der Waals surface area (Å²) < 4.78 is 1.03. The molecule has 0 aliphatic carbocycles. The lowest BCUT2D eigenvalue weighted by Crippen LogP contribution is -2.27. The average molecular weight is 551 g/mol. The van der Waals surface area contributed by atoms with Gasteiger partial charge in [-0.15, -0.1) is 11.3 Å². The summed E-state index contributed by atoms with van der Waals surface area (Å²) in [7, 11) is 3.71. The number of rotatable bonds is 7. The fourth-order valence-corrected chi connectivity index (χ4v) is 5.58. The van der Waals surface area contributed by atoms with E-state index in [9.17, 15) is 9.59 Å². The van der Waals surface area contributed by atoms with E-state index in [-0.39, 0.29) is 11.9 Å². The highest BCUT2D eigenvalue weighted by Crippen LogP contribution is 2.42. The smallest absolute Gasteiger partial charge is 0.323 e. The summed E-state index contributed by atoms with van der Waals surface area (Å²) in [6, 6.07) is 22.7. The second kappa shape index (κ2) is 11.6. The standard InChI is InChI=1S/C31H30N6O2S/c1-19-5-4-6-24(15-19)36-31(39)35-23-13-9-21(10-14-23)26-18-40-29-25(16-33-30(32)28(26)29)20-7-11-22(12-8-20)34-27(38)17-37(2)3/h4-16,18H,17H2,1-3H3,(H2,32,33)(H,34,38)(H2,35,36,39). The van der Waals surface area contributed by atoms with Gasteiger partial charge in [0.1, 0.15) is 5.82 Å². The number of aromatic nitrogens is 1. The summed E-state index contributed by atoms with van der Waals surface area (Å²) in [5.74, 6) is 0.396. The number of thiophene rings is 1. The lowest BCUT2D eigenvalue weighted by atomic mass is 10.0. The van der Waals surface area contributed by atoms with Crippen LogP contribution in [0.2, 0.25) is 0 Å². The van der Waals surface area contributed by atoms with Gasteiger partial charge in [0, 0.05) is 44.5 Å². The summed E-state index contributed by atoms with van der Waals surface area (Å²) in [5.41, 5.74) is 13.5. The van der Waals surface area contributed by atoms with Crippen LogP contribution in [0.3, 0.4) is 0 Å². The van der Waals surface area contributed by atoms with Crippen LogP contribution in [0.15, 0.2) is 84.4 Å². The van der Waals surface area contributed by atoms with Crippen molar-refractivity contribution in [1.82, 2.24) is 9.88 Å². The van der Waals surface area contributed by atoms with Crippen molar-refractivity contribution in [2.45, 2.75) is 6.92 Å². The first-order valence-corrected chi connectivity index (χ1v) is 13.6. The second-order valence-electron chi connectivity index (χ2n) is 9.80. The molecular formula is C31H30N6O2S. The topological polar surface area (TPSA) is 112 Å². The third-order valence-corrected chi connectivity index (χ3v) is 7.31. The minimum absolute atomic E-state index is 0.0645. The third-order valence-electron chi connectivity index (χ3n) is 6.29. The summed E-state index contributed by atoms with van der Waals surface area (Å²) in [6.45, 7) is 2.30. The number of anilines is 4. The van der Waals surface area contributed by atoms with Crippen molar-refractivity contribution in [3.8, 4) is 22.3 Å². The molecule has 2 aromatic heterocycles. The monoisotopic (exact) mass is 550 g/mol. The predicted octanol–water partition coefficient (Wildman–Crippen LogP) is 6.67. The number of amides is 3. The van der Waals surface area contributed by atoms with Crippen LogP contribution in [0.5, 0.6) is 0 Å². The van der Waals surface area contributed by atoms with Gasteiger partial charge in [0.15, 0.2) is 0 Å². The lowest BCUT2D eigenvalue weighted by molar-refractivity contribution is -0.116. The predicted molar refractivity (Wildman–Crippen MR) is 166 cm³/mol. The summed E-state index contributed by atoms with van der Waals surface area (Å²) in [6.07, 6.45) is 1.79. The van der Waals surface area contributed by atoms with Gasteiger partial charge in [-0.05, 0) is 79.5 Å². The zero-order valence-corrected chi connectivity index (χ0v) is 23.3. The van der Waals surface area contributed by atoms with E-state index in [0.29, 0.717) is 18.1 Å². The van der Waals surface area contributed by atoms with Crippen molar-refractivity contribution < 1.29 is 9.59 Å². The highest BCUT2D eigenvalue weighted by molar-refractivity contribution is 7.18. The van der Waals surface area contributed by atoms with Crippen molar-refractivity contribution in [2.75, 3.05) is 42.3 Å². The molecule has 0 fully saturated rings. The number of nitrogens with zero attached hydrogens (tertiary/aromatic N) is 2. The highest BCUT2D eigenvalue weighted by Gasteiger charge is 2.16. The van der Waals surface area contributed by atoms with Crippen LogP contribution in [0.25, 0.3) is 32.3 Å². The van der Waals surface area contributed by atoms with E-state index in [4.69, 9.17) is 5.73 Å². The Bertz CT molecular complexity index is 1680. The number of urea groups is 1. The molecule has 40 heavy (non-hydrogen) atoms. The number of carbonyl (C=O) groups excluding carboxylic acids is 2. The first-order chi connectivity index (χ1) is 19.3. The van der Waals surface area contributed by atoms with E-state index in [1.807, 2.05) is 98.7 Å². The number of aryl methyl sites for hydroxylation is 1. The van der Waals surface area contributed by atoms with E-state index < -0.39 is 0 Å². The van der Waals surface area contributed by atoms with Crippen molar-refractivity contribution >= 4 is 56.2 Å². The van der Waals surface area contributed by atoms with Gasteiger partial charge in [0.25, 0.3) is 0 Å². The van der Waals surface area contributed by atoms with Crippen LogP contribution in [-0.4, -0.2) is 42.5 Å². The SMILES string of the molecule is Cc1cccc(NC(=O)Nc2ccc(-c3csc4c(-c5ccc(NC(=O)CN(C)C)cc5)cnc(N)c34)cc2)c1. The van der Waals surface area contributed by atoms with E-state index in [1.165, 1.54) is 0 Å². The van der Waals surface area contributed by atoms with Crippen LogP contribution < -0.4 is 21.7 Å². The van der Waals surface area contributed by atoms with Crippen molar-refractivity contribution in [2.24, 2.45) is 0 Å². The van der Waals surface area contributed by atoms with Crippen LogP contribution in [-0.2, 0) is 4.79 Å². The zero-order valence-electron chi connectivity index (χ0n) is 22.5. The van der Waals surface area contributed by atoms with E-state index >= 15 is 0 Å². The molecule has 9 heteroatoms. The average Bonchev–Trinajstić information content (AvgIpc) is 3.36. The maximum Gasteiger partial charge on any atom is 0.323 e.